The van der Waals surface area contributed by atoms with E-state index in [9.17, 15) is 0 Å². The Morgan fingerprint density at radius 3 is 2.87 bits per heavy atom. The Bertz CT molecular complexity index is 366. The topological polar surface area (TPSA) is 35.2 Å². The van der Waals surface area contributed by atoms with Crippen LogP contribution in [0.15, 0.2) is 34.3 Å². The third-order valence-electron chi connectivity index (χ3n) is 1.85. The summed E-state index contributed by atoms with van der Waals surface area (Å²) in [5, 5.41) is 0.466. The highest BCUT2D eigenvalue weighted by molar-refractivity contribution is 9.10. The molecule has 0 spiro atoms. The van der Waals surface area contributed by atoms with Gasteiger partial charge < -0.3 is 10.5 Å². The van der Waals surface area contributed by atoms with Crippen molar-refractivity contribution in [2.75, 3.05) is 6.61 Å². The smallest absolute Gasteiger partial charge is 0.124 e. The van der Waals surface area contributed by atoms with Gasteiger partial charge in [0.05, 0.1) is 0 Å². The third-order valence-corrected chi connectivity index (χ3v) is 2.45. The minimum atomic E-state index is -0.0823. The van der Waals surface area contributed by atoms with Gasteiger partial charge in [0.25, 0.3) is 0 Å². The highest BCUT2D eigenvalue weighted by atomic mass is 79.9. The van der Waals surface area contributed by atoms with Gasteiger partial charge in [-0.1, -0.05) is 34.1 Å². The van der Waals surface area contributed by atoms with Gasteiger partial charge in [-0.3, -0.25) is 0 Å². The van der Waals surface area contributed by atoms with Crippen molar-refractivity contribution in [1.29, 1.82) is 0 Å². The molecule has 4 heteroatoms. The van der Waals surface area contributed by atoms with Crippen molar-refractivity contribution in [1.82, 2.24) is 0 Å². The first kappa shape index (κ1) is 12.6. The van der Waals surface area contributed by atoms with Gasteiger partial charge in [-0.25, -0.2) is 0 Å². The second-order valence-electron chi connectivity index (χ2n) is 3.28. The number of rotatable bonds is 4. The van der Waals surface area contributed by atoms with Crippen LogP contribution < -0.4 is 10.5 Å². The van der Waals surface area contributed by atoms with Crippen molar-refractivity contribution < 1.29 is 4.74 Å². The molecule has 2 N–H and O–H groups in total. The van der Waals surface area contributed by atoms with E-state index in [1.807, 2.05) is 25.1 Å². The lowest BCUT2D eigenvalue weighted by atomic mass is 10.1. The number of ether oxygens (including phenoxy) is 1. The van der Waals surface area contributed by atoms with Gasteiger partial charge in [0, 0.05) is 21.1 Å². The first-order valence-corrected chi connectivity index (χ1v) is 5.69. The summed E-state index contributed by atoms with van der Waals surface area (Å²) < 4.78 is 6.46. The van der Waals surface area contributed by atoms with Gasteiger partial charge >= 0.3 is 0 Å². The molecule has 0 fully saturated rings. The van der Waals surface area contributed by atoms with Crippen molar-refractivity contribution >= 4 is 27.5 Å². The molecule has 0 saturated carbocycles. The fraction of sp³-hybridized carbons (Fsp3) is 0.273. The Kier molecular flexibility index (Phi) is 4.64. The van der Waals surface area contributed by atoms with E-state index in [2.05, 4.69) is 22.5 Å². The molecule has 0 unspecified atom stereocenters. The summed E-state index contributed by atoms with van der Waals surface area (Å²) >= 11 is 9.02. The first-order valence-electron chi connectivity index (χ1n) is 4.52. The molecule has 15 heavy (non-hydrogen) atoms. The molecule has 82 valence electrons. The quantitative estimate of drug-likeness (QED) is 0.919. The van der Waals surface area contributed by atoms with Crippen LogP contribution >= 0.6 is 27.5 Å². The van der Waals surface area contributed by atoms with E-state index < -0.39 is 0 Å². The van der Waals surface area contributed by atoms with Crippen LogP contribution in [0.4, 0.5) is 0 Å². The van der Waals surface area contributed by atoms with Gasteiger partial charge in [0.2, 0.25) is 0 Å². The summed E-state index contributed by atoms with van der Waals surface area (Å²) in [5.74, 6) is 0.745. The Morgan fingerprint density at radius 1 is 1.67 bits per heavy atom. The van der Waals surface area contributed by atoms with Gasteiger partial charge in [-0.2, -0.15) is 0 Å². The molecule has 1 rings (SSSR count). The van der Waals surface area contributed by atoms with E-state index in [1.165, 1.54) is 0 Å². The summed E-state index contributed by atoms with van der Waals surface area (Å²) in [4.78, 5) is 0. The molecule has 0 saturated heterocycles. The van der Waals surface area contributed by atoms with Gasteiger partial charge in [-0.05, 0) is 25.1 Å². The van der Waals surface area contributed by atoms with Crippen molar-refractivity contribution in [2.24, 2.45) is 5.73 Å². The lowest BCUT2D eigenvalue weighted by Crippen LogP contribution is -2.08. The number of halogens is 2. The number of hydrogen-bond acceptors (Lipinski definition) is 2. The first-order chi connectivity index (χ1) is 7.00. The second kappa shape index (κ2) is 5.54. The molecule has 0 radical (unpaired) electrons. The standard InChI is InChI=1S/C11H13BrClNO/c1-7(13)6-15-11-4-3-9(12)5-10(11)8(2)14/h3-5,8H,1,6,14H2,2H3/t8-/m1/s1. The molecule has 1 aromatic carbocycles. The SMILES string of the molecule is C=C(Cl)COc1ccc(Br)cc1[C@@H](C)N. The molecule has 0 bridgehead atoms. The lowest BCUT2D eigenvalue weighted by molar-refractivity contribution is 0.353. The summed E-state index contributed by atoms with van der Waals surface area (Å²) in [6, 6.07) is 5.62. The molecule has 0 aromatic heterocycles. The molecule has 0 aliphatic heterocycles. The Labute approximate surface area is 103 Å². The molecule has 0 aliphatic rings. The second-order valence-corrected chi connectivity index (χ2v) is 4.73. The van der Waals surface area contributed by atoms with E-state index in [-0.39, 0.29) is 6.04 Å². The van der Waals surface area contributed by atoms with Crippen LogP contribution in [0.1, 0.15) is 18.5 Å². The zero-order valence-electron chi connectivity index (χ0n) is 8.47. The molecule has 2 nitrogen and oxygen atoms in total. The minimum absolute atomic E-state index is 0.0823. The maximum Gasteiger partial charge on any atom is 0.124 e. The highest BCUT2D eigenvalue weighted by Crippen LogP contribution is 2.27. The predicted molar refractivity (Wildman–Crippen MR) is 67.2 cm³/mol. The zero-order chi connectivity index (χ0) is 11.4. The van der Waals surface area contributed by atoms with Crippen LogP contribution in [-0.4, -0.2) is 6.61 Å². The summed E-state index contributed by atoms with van der Waals surface area (Å²) in [5.41, 5.74) is 6.78. The van der Waals surface area contributed by atoms with E-state index in [0.29, 0.717) is 11.6 Å². The Hall–Kier alpha value is -0.510. The monoisotopic (exact) mass is 289 g/mol. The normalized spacial score (nSPS) is 12.3. The minimum Gasteiger partial charge on any atom is -0.488 e. The average molecular weight is 291 g/mol. The Balaban J connectivity index is 2.90. The predicted octanol–water partition coefficient (Wildman–Crippen LogP) is 3.60. The molecule has 0 amide bonds. The average Bonchev–Trinajstić information content (AvgIpc) is 2.15. The highest BCUT2D eigenvalue weighted by Gasteiger charge is 2.08. The van der Waals surface area contributed by atoms with Crippen molar-refractivity contribution in [3.63, 3.8) is 0 Å². The van der Waals surface area contributed by atoms with Gasteiger partial charge in [0.15, 0.2) is 0 Å². The van der Waals surface area contributed by atoms with E-state index >= 15 is 0 Å². The number of hydrogen-bond donors (Lipinski definition) is 1. The fourth-order valence-electron chi connectivity index (χ4n) is 1.16. The van der Waals surface area contributed by atoms with Crippen LogP contribution in [0.3, 0.4) is 0 Å². The molecular formula is C11H13BrClNO. The number of benzene rings is 1. The van der Waals surface area contributed by atoms with E-state index in [1.54, 1.807) is 0 Å². The summed E-state index contributed by atoms with van der Waals surface area (Å²) in [6.07, 6.45) is 0. The largest absolute Gasteiger partial charge is 0.488 e. The van der Waals surface area contributed by atoms with Crippen LogP contribution in [0.2, 0.25) is 0 Å². The van der Waals surface area contributed by atoms with Crippen LogP contribution in [0.5, 0.6) is 5.75 Å². The van der Waals surface area contributed by atoms with Crippen molar-refractivity contribution in [2.45, 2.75) is 13.0 Å². The zero-order valence-corrected chi connectivity index (χ0v) is 10.8. The molecule has 0 aliphatic carbocycles. The van der Waals surface area contributed by atoms with Crippen LogP contribution in [0, 0.1) is 0 Å². The van der Waals surface area contributed by atoms with Crippen LogP contribution in [0.25, 0.3) is 0 Å². The number of nitrogens with two attached hydrogens (primary N) is 1. The van der Waals surface area contributed by atoms with Crippen LogP contribution in [-0.2, 0) is 0 Å². The van der Waals surface area contributed by atoms with E-state index in [4.69, 9.17) is 22.1 Å². The molecular weight excluding hydrogens is 277 g/mol. The Morgan fingerprint density at radius 2 is 2.33 bits per heavy atom. The lowest BCUT2D eigenvalue weighted by Gasteiger charge is -2.13. The summed E-state index contributed by atoms with van der Waals surface area (Å²) in [7, 11) is 0. The molecule has 1 aromatic rings. The van der Waals surface area contributed by atoms with E-state index in [0.717, 1.165) is 15.8 Å². The van der Waals surface area contributed by atoms with Crippen molar-refractivity contribution in [3.05, 3.63) is 39.8 Å². The maximum absolute atomic E-state index is 5.83. The van der Waals surface area contributed by atoms with Gasteiger partial charge in [0.1, 0.15) is 12.4 Å². The fourth-order valence-corrected chi connectivity index (χ4v) is 1.60. The molecule has 0 heterocycles. The van der Waals surface area contributed by atoms with Crippen molar-refractivity contribution in [3.8, 4) is 5.75 Å². The van der Waals surface area contributed by atoms with Gasteiger partial charge in [-0.15, -0.1) is 0 Å². The molecule has 1 atom stereocenters. The summed E-state index contributed by atoms with van der Waals surface area (Å²) in [6.45, 7) is 5.76. The third kappa shape index (κ3) is 3.86. The maximum atomic E-state index is 5.83.